The maximum atomic E-state index is 12.3. The van der Waals surface area contributed by atoms with Crippen molar-refractivity contribution < 1.29 is 9.90 Å². The molecule has 0 aliphatic rings. The van der Waals surface area contributed by atoms with E-state index in [1.807, 2.05) is 24.3 Å². The minimum atomic E-state index is -0.343. The van der Waals surface area contributed by atoms with Crippen molar-refractivity contribution in [3.8, 4) is 16.3 Å². The third-order valence-electron chi connectivity index (χ3n) is 4.11. The lowest BCUT2D eigenvalue weighted by Gasteiger charge is -2.11. The molecule has 4 rings (SSSR count). The van der Waals surface area contributed by atoms with Gasteiger partial charge in [-0.25, -0.2) is 4.98 Å². The third kappa shape index (κ3) is 4.37. The molecule has 8 heteroatoms. The highest BCUT2D eigenvalue weighted by Crippen LogP contribution is 2.36. The zero-order valence-corrected chi connectivity index (χ0v) is 17.2. The van der Waals surface area contributed by atoms with Gasteiger partial charge in [0.05, 0.1) is 15.8 Å². The molecule has 0 fully saturated rings. The Kier molecular flexibility index (Phi) is 5.44. The van der Waals surface area contributed by atoms with Crippen LogP contribution in [0.3, 0.4) is 0 Å². The van der Waals surface area contributed by atoms with Gasteiger partial charge in [0.2, 0.25) is 0 Å². The fourth-order valence-corrected chi connectivity index (χ4v) is 4.04. The van der Waals surface area contributed by atoms with Gasteiger partial charge in [0.1, 0.15) is 10.8 Å². The Morgan fingerprint density at radius 3 is 2.59 bits per heavy atom. The molecule has 0 bridgehead atoms. The average molecular weight is 440 g/mol. The van der Waals surface area contributed by atoms with Gasteiger partial charge in [-0.3, -0.25) is 10.1 Å². The molecule has 0 saturated carbocycles. The molecule has 3 aromatic carbocycles. The van der Waals surface area contributed by atoms with Gasteiger partial charge in [-0.15, -0.1) is 11.3 Å². The van der Waals surface area contributed by atoms with Crippen molar-refractivity contribution in [1.82, 2.24) is 10.3 Å². The molecule has 3 N–H and O–H groups in total. The standard InChI is InChI=1S/C21H14ClN3O2S2/c22-13-7-5-12(6-8-13)19(27)25-21(28)23-14-9-10-17(26)15(11-14)20-24-16-3-1-2-4-18(16)29-20/h1-11,26H,(H2,23,25,27,28). The summed E-state index contributed by atoms with van der Waals surface area (Å²) >= 11 is 12.6. The van der Waals surface area contributed by atoms with Crippen LogP contribution >= 0.6 is 35.2 Å². The first kappa shape index (κ1) is 19.3. The Morgan fingerprint density at radius 2 is 1.83 bits per heavy atom. The molecule has 4 aromatic rings. The number of nitrogens with one attached hydrogen (secondary N) is 2. The van der Waals surface area contributed by atoms with Crippen LogP contribution in [0.25, 0.3) is 20.8 Å². The zero-order valence-electron chi connectivity index (χ0n) is 14.8. The van der Waals surface area contributed by atoms with E-state index in [2.05, 4.69) is 15.6 Å². The molecule has 0 spiro atoms. The molecule has 0 saturated heterocycles. The first-order valence-corrected chi connectivity index (χ1v) is 10.2. The molecule has 5 nitrogen and oxygen atoms in total. The van der Waals surface area contributed by atoms with Crippen molar-refractivity contribution in [3.05, 3.63) is 77.3 Å². The number of amides is 1. The summed E-state index contributed by atoms with van der Waals surface area (Å²) in [6.45, 7) is 0. The number of hydrogen-bond donors (Lipinski definition) is 3. The summed E-state index contributed by atoms with van der Waals surface area (Å²) in [5.41, 5.74) is 2.52. The van der Waals surface area contributed by atoms with Crippen molar-refractivity contribution in [1.29, 1.82) is 0 Å². The molecule has 0 radical (unpaired) electrons. The van der Waals surface area contributed by atoms with Crippen LogP contribution in [0.1, 0.15) is 10.4 Å². The number of halogens is 1. The number of rotatable bonds is 3. The number of anilines is 1. The third-order valence-corrected chi connectivity index (χ3v) is 5.64. The van der Waals surface area contributed by atoms with Crippen LogP contribution in [0.5, 0.6) is 5.75 Å². The number of benzene rings is 3. The fraction of sp³-hybridized carbons (Fsp3) is 0. The predicted octanol–water partition coefficient (Wildman–Crippen LogP) is 5.45. The topological polar surface area (TPSA) is 74.2 Å². The highest BCUT2D eigenvalue weighted by atomic mass is 35.5. The van der Waals surface area contributed by atoms with Gasteiger partial charge in [0.15, 0.2) is 5.11 Å². The van der Waals surface area contributed by atoms with Crippen LogP contribution in [0.4, 0.5) is 5.69 Å². The van der Waals surface area contributed by atoms with E-state index in [-0.39, 0.29) is 16.8 Å². The van der Waals surface area contributed by atoms with E-state index in [0.717, 1.165) is 10.2 Å². The quantitative estimate of drug-likeness (QED) is 0.292. The second-order valence-corrected chi connectivity index (χ2v) is 8.01. The molecule has 1 amide bonds. The van der Waals surface area contributed by atoms with Crippen molar-refractivity contribution in [2.75, 3.05) is 5.32 Å². The van der Waals surface area contributed by atoms with Crippen molar-refractivity contribution in [3.63, 3.8) is 0 Å². The van der Waals surface area contributed by atoms with E-state index in [0.29, 0.717) is 26.8 Å². The maximum Gasteiger partial charge on any atom is 0.257 e. The number of carbonyl (C=O) groups is 1. The van der Waals surface area contributed by atoms with Gasteiger partial charge in [-0.1, -0.05) is 23.7 Å². The minimum absolute atomic E-state index is 0.116. The lowest BCUT2D eigenvalue weighted by molar-refractivity contribution is 0.0977. The van der Waals surface area contributed by atoms with Gasteiger partial charge < -0.3 is 10.4 Å². The summed E-state index contributed by atoms with van der Waals surface area (Å²) in [4.78, 5) is 16.8. The number of thiocarbonyl (C=S) groups is 1. The molecule has 0 atom stereocenters. The fourth-order valence-electron chi connectivity index (χ4n) is 2.71. The maximum absolute atomic E-state index is 12.3. The summed E-state index contributed by atoms with van der Waals surface area (Å²) in [6, 6.07) is 19.3. The first-order valence-electron chi connectivity index (χ1n) is 8.56. The number of phenolic OH excluding ortho intramolecular Hbond substituents is 1. The van der Waals surface area contributed by atoms with E-state index >= 15 is 0 Å². The number of carbonyl (C=O) groups excluding carboxylic acids is 1. The Balaban J connectivity index is 1.52. The van der Waals surface area contributed by atoms with Crippen molar-refractivity contribution in [2.24, 2.45) is 0 Å². The van der Waals surface area contributed by atoms with E-state index < -0.39 is 0 Å². The molecular weight excluding hydrogens is 426 g/mol. The number of aromatic nitrogens is 1. The molecule has 0 aliphatic heterocycles. The van der Waals surface area contributed by atoms with Gasteiger partial charge in [-0.05, 0) is 66.8 Å². The Morgan fingerprint density at radius 1 is 1.07 bits per heavy atom. The molecule has 0 aliphatic carbocycles. The van der Waals surface area contributed by atoms with E-state index in [9.17, 15) is 9.90 Å². The van der Waals surface area contributed by atoms with Crippen LogP contribution in [0, 0.1) is 0 Å². The number of nitrogens with zero attached hydrogens (tertiary/aromatic N) is 1. The number of para-hydroxylation sites is 1. The Labute approximate surface area is 181 Å². The largest absolute Gasteiger partial charge is 0.507 e. The Bertz CT molecular complexity index is 1190. The van der Waals surface area contributed by atoms with E-state index in [1.54, 1.807) is 42.5 Å². The summed E-state index contributed by atoms with van der Waals surface area (Å²) in [5, 5.41) is 17.3. The van der Waals surface area contributed by atoms with Crippen LogP contribution < -0.4 is 10.6 Å². The average Bonchev–Trinajstić information content (AvgIpc) is 3.14. The lowest BCUT2D eigenvalue weighted by atomic mass is 10.2. The number of aromatic hydroxyl groups is 1. The molecule has 1 heterocycles. The first-order chi connectivity index (χ1) is 14.0. The smallest absolute Gasteiger partial charge is 0.257 e. The van der Waals surface area contributed by atoms with Gasteiger partial charge in [0, 0.05) is 16.3 Å². The summed E-state index contributed by atoms with van der Waals surface area (Å²) in [6.07, 6.45) is 0. The van der Waals surface area contributed by atoms with Crippen molar-refractivity contribution in [2.45, 2.75) is 0 Å². The SMILES string of the molecule is O=C(NC(=S)Nc1ccc(O)c(-c2nc3ccccc3s2)c1)c1ccc(Cl)cc1. The molecule has 0 unspecified atom stereocenters. The van der Waals surface area contributed by atoms with Crippen LogP contribution in [0.2, 0.25) is 5.02 Å². The lowest BCUT2D eigenvalue weighted by Crippen LogP contribution is -2.34. The highest BCUT2D eigenvalue weighted by Gasteiger charge is 2.13. The van der Waals surface area contributed by atoms with Crippen LogP contribution in [-0.4, -0.2) is 21.1 Å². The monoisotopic (exact) mass is 439 g/mol. The predicted molar refractivity (Wildman–Crippen MR) is 122 cm³/mol. The Hall–Kier alpha value is -3.00. The summed E-state index contributed by atoms with van der Waals surface area (Å²) in [5.74, 6) is -0.227. The van der Waals surface area contributed by atoms with Crippen LogP contribution in [-0.2, 0) is 0 Å². The second-order valence-electron chi connectivity index (χ2n) is 6.13. The number of fused-ring (bicyclic) bond motifs is 1. The minimum Gasteiger partial charge on any atom is -0.507 e. The van der Waals surface area contributed by atoms with Gasteiger partial charge >= 0.3 is 0 Å². The number of phenols is 1. The second kappa shape index (κ2) is 8.16. The number of thiazole rings is 1. The molecule has 1 aromatic heterocycles. The molecule has 144 valence electrons. The van der Waals surface area contributed by atoms with Crippen molar-refractivity contribution >= 4 is 62.1 Å². The normalized spacial score (nSPS) is 10.7. The van der Waals surface area contributed by atoms with Crippen LogP contribution in [0.15, 0.2) is 66.7 Å². The highest BCUT2D eigenvalue weighted by molar-refractivity contribution is 7.80. The summed E-state index contributed by atoms with van der Waals surface area (Å²) < 4.78 is 1.03. The summed E-state index contributed by atoms with van der Waals surface area (Å²) in [7, 11) is 0. The van der Waals surface area contributed by atoms with Gasteiger partial charge in [-0.2, -0.15) is 0 Å². The number of hydrogen-bond acceptors (Lipinski definition) is 5. The zero-order chi connectivity index (χ0) is 20.4. The molecular formula is C21H14ClN3O2S2. The van der Waals surface area contributed by atoms with E-state index in [4.69, 9.17) is 23.8 Å². The van der Waals surface area contributed by atoms with E-state index in [1.165, 1.54) is 11.3 Å². The van der Waals surface area contributed by atoms with Gasteiger partial charge in [0.25, 0.3) is 5.91 Å². The molecule has 29 heavy (non-hydrogen) atoms.